The van der Waals surface area contributed by atoms with Crippen LogP contribution in [-0.2, 0) is 0 Å². The number of para-hydroxylation sites is 2. The zero-order valence-corrected chi connectivity index (χ0v) is 14.4. The van der Waals surface area contributed by atoms with Crippen molar-refractivity contribution in [1.82, 2.24) is 4.90 Å². The fourth-order valence-corrected chi connectivity index (χ4v) is 3.60. The molecule has 7 nitrogen and oxygen atoms in total. The molecule has 3 aromatic rings. The summed E-state index contributed by atoms with van der Waals surface area (Å²) < 4.78 is 7.08. The minimum atomic E-state index is -0.221. The molecule has 2 heterocycles. The number of benzene rings is 2. The second kappa shape index (κ2) is 6.84. The van der Waals surface area contributed by atoms with E-state index in [4.69, 9.17) is 4.74 Å². The lowest BCUT2D eigenvalue weighted by Gasteiger charge is -2.15. The quantitative estimate of drug-likeness (QED) is 0.327. The van der Waals surface area contributed by atoms with Crippen molar-refractivity contribution in [3.05, 3.63) is 46.8 Å². The Bertz CT molecular complexity index is 955. The molecular formula is C19H21N3O4. The Hall–Kier alpha value is -2.80. The van der Waals surface area contributed by atoms with Gasteiger partial charge in [-0.2, -0.15) is 9.46 Å². The molecule has 0 unspecified atom stereocenters. The summed E-state index contributed by atoms with van der Waals surface area (Å²) in [4.78, 5) is 2.40. The topological polar surface area (TPSA) is 86.6 Å². The van der Waals surface area contributed by atoms with Crippen molar-refractivity contribution in [1.29, 1.82) is 0 Å². The number of rotatable bonds is 5. The molecule has 0 saturated carbocycles. The van der Waals surface area contributed by atoms with E-state index < -0.39 is 0 Å². The summed E-state index contributed by atoms with van der Waals surface area (Å²) >= 11 is 0. The van der Waals surface area contributed by atoms with E-state index in [-0.39, 0.29) is 27.8 Å². The number of hydrogen-bond donors (Lipinski definition) is 1. The van der Waals surface area contributed by atoms with Crippen LogP contribution in [0, 0.1) is 10.4 Å². The van der Waals surface area contributed by atoms with Crippen LogP contribution in [0.3, 0.4) is 0 Å². The third-order valence-electron chi connectivity index (χ3n) is 4.89. The van der Waals surface area contributed by atoms with E-state index in [1.54, 1.807) is 18.2 Å². The average Bonchev–Trinajstić information content (AvgIpc) is 3.16. The van der Waals surface area contributed by atoms with Crippen LogP contribution in [-0.4, -0.2) is 36.2 Å². The molecule has 136 valence electrons. The fourth-order valence-electron chi connectivity index (χ4n) is 3.60. The first-order valence-electron chi connectivity index (χ1n) is 8.91. The molecule has 1 fully saturated rings. The van der Waals surface area contributed by atoms with Crippen molar-refractivity contribution in [3.63, 3.8) is 0 Å². The van der Waals surface area contributed by atoms with E-state index in [2.05, 4.69) is 4.90 Å². The van der Waals surface area contributed by atoms with Crippen molar-refractivity contribution < 1.29 is 19.3 Å². The molecule has 0 radical (unpaired) electrons. The Morgan fingerprint density at radius 1 is 0.962 bits per heavy atom. The zero-order chi connectivity index (χ0) is 18.1. The lowest BCUT2D eigenvalue weighted by Crippen LogP contribution is -2.39. The molecule has 1 aromatic heterocycles. The van der Waals surface area contributed by atoms with Crippen molar-refractivity contribution in [2.75, 3.05) is 26.2 Å². The summed E-state index contributed by atoms with van der Waals surface area (Å²) in [5.74, 6) is 0.162. The Labute approximate surface area is 150 Å². The lowest BCUT2D eigenvalue weighted by molar-refractivity contribution is -0.591. The van der Waals surface area contributed by atoms with E-state index in [0.29, 0.717) is 21.8 Å². The molecule has 0 spiro atoms. The highest BCUT2D eigenvalue weighted by molar-refractivity contribution is 5.83. The number of hydrogen-bond acceptors (Lipinski definition) is 5. The summed E-state index contributed by atoms with van der Waals surface area (Å²) in [6.45, 7) is 3.73. The summed E-state index contributed by atoms with van der Waals surface area (Å²) in [6, 6.07) is 9.37. The van der Waals surface area contributed by atoms with Crippen LogP contribution in [0.25, 0.3) is 22.1 Å². The highest BCUT2D eigenvalue weighted by atomic mass is 16.5. The zero-order valence-electron chi connectivity index (χ0n) is 14.4. The maximum absolute atomic E-state index is 12.8. The second-order valence-corrected chi connectivity index (χ2v) is 6.61. The van der Waals surface area contributed by atoms with Crippen LogP contribution in [0.4, 0.5) is 0 Å². The highest BCUT2D eigenvalue weighted by Gasteiger charge is 2.27. The maximum atomic E-state index is 12.8. The van der Waals surface area contributed by atoms with Crippen molar-refractivity contribution in [3.8, 4) is 11.5 Å². The number of fused-ring (bicyclic) bond motifs is 2. The standard InChI is InChI=1S/C19H21N3O4/c23-16-8-3-6-14-18(16)21(24)15-7-4-9-17(19(15)22(14)25)26-13-5-12-20-10-1-2-11-20/h3-4,6-9,23H,1-2,5,10-13H2. The predicted molar refractivity (Wildman–Crippen MR) is 96.8 cm³/mol. The fraction of sp³-hybridized carbons (Fsp3) is 0.368. The third-order valence-corrected chi connectivity index (χ3v) is 4.89. The summed E-state index contributed by atoms with van der Waals surface area (Å²) in [5.41, 5.74) is 0.426. The van der Waals surface area contributed by atoms with Gasteiger partial charge in [0.2, 0.25) is 0 Å². The Morgan fingerprint density at radius 3 is 2.38 bits per heavy atom. The van der Waals surface area contributed by atoms with Gasteiger partial charge in [-0.3, -0.25) is 0 Å². The molecule has 2 aromatic carbocycles. The molecule has 1 saturated heterocycles. The van der Waals surface area contributed by atoms with E-state index in [0.717, 1.165) is 26.1 Å². The summed E-state index contributed by atoms with van der Waals surface area (Å²) in [7, 11) is 0. The summed E-state index contributed by atoms with van der Waals surface area (Å²) in [6.07, 6.45) is 3.37. The molecule has 1 aliphatic rings. The first-order chi connectivity index (χ1) is 12.7. The van der Waals surface area contributed by atoms with Gasteiger partial charge in [-0.15, -0.1) is 0 Å². The molecule has 26 heavy (non-hydrogen) atoms. The highest BCUT2D eigenvalue weighted by Crippen LogP contribution is 2.25. The third kappa shape index (κ3) is 2.84. The number of aromatic nitrogens is 2. The minimum Gasteiger partial charge on any atom is -0.617 e. The second-order valence-electron chi connectivity index (χ2n) is 6.61. The first kappa shape index (κ1) is 16.7. The van der Waals surface area contributed by atoms with Gasteiger partial charge in [0.15, 0.2) is 11.5 Å². The molecule has 0 amide bonds. The predicted octanol–water partition coefficient (Wildman–Crippen LogP) is 1.83. The van der Waals surface area contributed by atoms with E-state index in [1.807, 2.05) is 0 Å². The van der Waals surface area contributed by atoms with Crippen molar-refractivity contribution >= 4 is 22.1 Å². The molecule has 1 aliphatic heterocycles. The number of ether oxygens (including phenoxy) is 1. The van der Waals surface area contributed by atoms with Gasteiger partial charge in [-0.1, -0.05) is 12.1 Å². The van der Waals surface area contributed by atoms with Gasteiger partial charge in [0.05, 0.1) is 6.61 Å². The molecule has 0 bridgehead atoms. The monoisotopic (exact) mass is 355 g/mol. The van der Waals surface area contributed by atoms with Crippen LogP contribution in [0.15, 0.2) is 36.4 Å². The van der Waals surface area contributed by atoms with Crippen molar-refractivity contribution in [2.45, 2.75) is 19.3 Å². The molecule has 0 atom stereocenters. The largest absolute Gasteiger partial charge is 0.617 e. The van der Waals surface area contributed by atoms with Crippen LogP contribution in [0.1, 0.15) is 19.3 Å². The number of nitrogens with zero attached hydrogens (tertiary/aromatic N) is 3. The van der Waals surface area contributed by atoms with Crippen LogP contribution < -0.4 is 14.2 Å². The number of phenolic OH excluding ortho intramolecular Hbond substituents is 1. The first-order valence-corrected chi connectivity index (χ1v) is 8.91. The van der Waals surface area contributed by atoms with E-state index in [1.165, 1.54) is 31.0 Å². The van der Waals surface area contributed by atoms with Gasteiger partial charge >= 0.3 is 11.0 Å². The average molecular weight is 355 g/mol. The molecule has 1 N–H and O–H groups in total. The Morgan fingerprint density at radius 2 is 1.62 bits per heavy atom. The van der Waals surface area contributed by atoms with Gasteiger partial charge in [-0.25, -0.2) is 0 Å². The van der Waals surface area contributed by atoms with Gasteiger partial charge < -0.3 is 25.2 Å². The molecule has 0 aliphatic carbocycles. The minimum absolute atomic E-state index is 0.0406. The smallest absolute Gasteiger partial charge is 0.332 e. The Balaban J connectivity index is 1.66. The number of aromatic hydroxyl groups is 1. The maximum Gasteiger partial charge on any atom is 0.332 e. The molecule has 4 rings (SSSR count). The number of phenols is 1. The SMILES string of the molecule is [O-][n+]1c2cccc(OCCCN3CCCC3)c2[n+]([O-])c2cccc(O)c21. The van der Waals surface area contributed by atoms with Crippen LogP contribution in [0.2, 0.25) is 0 Å². The van der Waals surface area contributed by atoms with E-state index in [9.17, 15) is 15.5 Å². The lowest BCUT2D eigenvalue weighted by atomic mass is 10.2. The van der Waals surface area contributed by atoms with Gasteiger partial charge in [-0.05, 0) is 44.5 Å². The Kier molecular flexibility index (Phi) is 4.38. The van der Waals surface area contributed by atoms with Crippen LogP contribution in [0.5, 0.6) is 11.5 Å². The summed E-state index contributed by atoms with van der Waals surface area (Å²) in [5, 5.41) is 35.5. The molecular weight excluding hydrogens is 334 g/mol. The van der Waals surface area contributed by atoms with Crippen LogP contribution >= 0.6 is 0 Å². The van der Waals surface area contributed by atoms with Gasteiger partial charge in [0.1, 0.15) is 0 Å². The number of likely N-dealkylation sites (tertiary alicyclic amines) is 1. The normalized spacial score (nSPS) is 15.1. The molecule has 7 heteroatoms. The van der Waals surface area contributed by atoms with Gasteiger partial charge in [0.25, 0.3) is 11.0 Å². The van der Waals surface area contributed by atoms with Gasteiger partial charge in [0, 0.05) is 18.7 Å². The van der Waals surface area contributed by atoms with Crippen molar-refractivity contribution in [2.24, 2.45) is 0 Å². The van der Waals surface area contributed by atoms with E-state index >= 15 is 0 Å².